The van der Waals surface area contributed by atoms with Crippen molar-refractivity contribution in [1.82, 2.24) is 0 Å². The van der Waals surface area contributed by atoms with Crippen LogP contribution in [0.5, 0.6) is 11.5 Å². The van der Waals surface area contributed by atoms with Gasteiger partial charge in [0.1, 0.15) is 36.8 Å². The quantitative estimate of drug-likeness (QED) is 0.0260. The van der Waals surface area contributed by atoms with Crippen LogP contribution in [0, 0.1) is 6.07 Å². The van der Waals surface area contributed by atoms with E-state index >= 15 is 0 Å². The molecule has 0 amide bonds. The summed E-state index contributed by atoms with van der Waals surface area (Å²) in [5, 5.41) is 10.9. The number of hydrogen-bond donors (Lipinski definition) is 1. The molecule has 0 spiro atoms. The maximum atomic E-state index is 13.2. The molecule has 1 unspecified atom stereocenters. The van der Waals surface area contributed by atoms with Gasteiger partial charge in [0.15, 0.2) is 11.2 Å². The van der Waals surface area contributed by atoms with Gasteiger partial charge >= 0.3 is 5.97 Å². The average Bonchev–Trinajstić information content (AvgIpc) is 3.08. The van der Waals surface area contributed by atoms with Crippen LogP contribution >= 0.6 is 7.82 Å². The molecule has 1 heterocycles. The first-order chi connectivity index (χ1) is 24.4. The number of likely N-dealkylation sites (N-methyl/N-ethyl adjacent to an activating group) is 1. The van der Waals surface area contributed by atoms with Crippen molar-refractivity contribution >= 4 is 30.5 Å². The number of carbonyl (C=O) groups is 2. The van der Waals surface area contributed by atoms with E-state index in [0.29, 0.717) is 76.4 Å². The summed E-state index contributed by atoms with van der Waals surface area (Å²) in [5.74, 6) is -0.0954. The normalized spacial score (nSPS) is 12.7. The molecule has 0 saturated carbocycles. The first-order valence-corrected chi connectivity index (χ1v) is 17.9. The Labute approximate surface area is 326 Å². The van der Waals surface area contributed by atoms with Crippen LogP contribution in [0.2, 0.25) is 0 Å². The molecular formula is C38H39NO11PY-. The fraction of sp³-hybridized carbons (Fsp3) is 0.289. The van der Waals surface area contributed by atoms with Gasteiger partial charge in [0, 0.05) is 85.7 Å². The number of quaternary nitrogens is 1. The number of phosphoric acid groups is 1. The molecule has 0 saturated heterocycles. The van der Waals surface area contributed by atoms with E-state index in [0.717, 1.165) is 0 Å². The molecule has 0 fully saturated rings. The van der Waals surface area contributed by atoms with Crippen LogP contribution in [0.25, 0.3) is 33.4 Å². The summed E-state index contributed by atoms with van der Waals surface area (Å²) in [6, 6.07) is 24.0. The smallest absolute Gasteiger partial charge is 0.336 e. The zero-order valence-electron chi connectivity index (χ0n) is 29.2. The summed E-state index contributed by atoms with van der Waals surface area (Å²) in [6.07, 6.45) is 0.567. The minimum Gasteiger partial charge on any atom is -0.756 e. The number of carboxylic acids is 1. The van der Waals surface area contributed by atoms with Crippen molar-refractivity contribution in [2.24, 2.45) is 0 Å². The molecule has 1 aliphatic carbocycles. The van der Waals surface area contributed by atoms with Crippen molar-refractivity contribution in [3.05, 3.63) is 106 Å². The molecule has 1 N–H and O–H groups in total. The molecule has 5 rings (SSSR count). The first kappa shape index (κ1) is 41.2. The number of Topliss-reactive ketones (excluding diaryl/α,β-unsaturated/α-hetero) is 1. The number of ether oxygens (including phenoxy) is 2. The second-order valence-electron chi connectivity index (χ2n) is 12.4. The predicted octanol–water partition coefficient (Wildman–Crippen LogP) is 6.43. The Hall–Kier alpha value is -3.58. The van der Waals surface area contributed by atoms with Gasteiger partial charge in [-0.15, -0.1) is 12.1 Å². The van der Waals surface area contributed by atoms with Crippen molar-refractivity contribution in [2.75, 3.05) is 53.6 Å². The van der Waals surface area contributed by atoms with E-state index in [1.54, 1.807) is 67.6 Å². The molecule has 3 aromatic carbocycles. The fourth-order valence-corrected chi connectivity index (χ4v) is 6.19. The zero-order chi connectivity index (χ0) is 36.6. The minimum absolute atomic E-state index is 0. The van der Waals surface area contributed by atoms with Crippen molar-refractivity contribution in [3.63, 3.8) is 0 Å². The molecule has 1 aliphatic heterocycles. The summed E-state index contributed by atoms with van der Waals surface area (Å²) in [7, 11) is -0.449. The van der Waals surface area contributed by atoms with Gasteiger partial charge in [-0.3, -0.25) is 14.2 Å². The predicted molar refractivity (Wildman–Crippen MR) is 188 cm³/mol. The number of ketones is 1. The third-order valence-electron chi connectivity index (χ3n) is 8.20. The monoisotopic (exact) mass is 805 g/mol. The number of aromatic carboxylic acids is 1. The molecule has 0 bridgehead atoms. The number of fused-ring (bicyclic) bond motifs is 2. The van der Waals surface area contributed by atoms with Crippen molar-refractivity contribution in [3.8, 4) is 33.9 Å². The Morgan fingerprint density at radius 3 is 2.37 bits per heavy atom. The van der Waals surface area contributed by atoms with Crippen LogP contribution in [0.15, 0.2) is 88.1 Å². The molecule has 271 valence electrons. The second kappa shape index (κ2) is 18.5. The number of nitrogens with zero attached hydrogens (tertiary/aromatic N) is 1. The van der Waals surface area contributed by atoms with Gasteiger partial charge in [0.05, 0.1) is 32.9 Å². The Kier molecular flexibility index (Phi) is 14.6. The summed E-state index contributed by atoms with van der Waals surface area (Å²) in [4.78, 5) is 49.7. The third kappa shape index (κ3) is 11.0. The average molecular weight is 806 g/mol. The van der Waals surface area contributed by atoms with Crippen LogP contribution in [0.4, 0.5) is 0 Å². The molecule has 0 aromatic heterocycles. The van der Waals surface area contributed by atoms with Crippen LogP contribution < -0.4 is 15.1 Å². The maximum Gasteiger partial charge on any atom is 0.336 e. The first-order valence-electron chi connectivity index (χ1n) is 16.4. The molecule has 52 heavy (non-hydrogen) atoms. The largest absolute Gasteiger partial charge is 0.756 e. The van der Waals surface area contributed by atoms with Crippen LogP contribution in [-0.2, 0) is 51.1 Å². The molecular weight excluding hydrogens is 766 g/mol. The number of benzene rings is 4. The number of hydrogen-bond acceptors (Lipinski definition) is 10. The van der Waals surface area contributed by atoms with E-state index < -0.39 is 13.8 Å². The molecule has 14 heteroatoms. The molecule has 12 nitrogen and oxygen atoms in total. The molecule has 1 atom stereocenters. The Morgan fingerprint density at radius 2 is 1.63 bits per heavy atom. The number of phosphoric ester groups is 1. The van der Waals surface area contributed by atoms with Crippen molar-refractivity contribution in [1.29, 1.82) is 0 Å². The maximum absolute atomic E-state index is 13.2. The van der Waals surface area contributed by atoms with Gasteiger partial charge in [-0.05, 0) is 49.2 Å². The SMILES string of the molecule is CCOP(=O)([O-])OCC[N+](C)(C)CCOCCCC(=O)c1ccc(-c2c3ccc(=O)cc-3oc3cc(Oc4cc[c-]cc4)ccc23)c(C(=O)O)c1.[Y]. The fourth-order valence-electron chi connectivity index (χ4n) is 5.49. The molecule has 2 aliphatic rings. The zero-order valence-corrected chi connectivity index (χ0v) is 32.9. The van der Waals surface area contributed by atoms with Crippen LogP contribution in [-0.4, -0.2) is 75.0 Å². The second-order valence-corrected chi connectivity index (χ2v) is 13.8. The van der Waals surface area contributed by atoms with Crippen molar-refractivity contribution < 1.29 is 84.3 Å². The van der Waals surface area contributed by atoms with Crippen LogP contribution in [0.1, 0.15) is 40.5 Å². The topological polar surface area (TPSA) is 162 Å². The summed E-state index contributed by atoms with van der Waals surface area (Å²) in [6.45, 7) is 3.28. The number of carboxylic acid groups (broad SMARTS) is 1. The van der Waals surface area contributed by atoms with Crippen LogP contribution in [0.3, 0.4) is 0 Å². The van der Waals surface area contributed by atoms with Gasteiger partial charge in [0.25, 0.3) is 7.82 Å². The Bertz CT molecular complexity index is 2080. The summed E-state index contributed by atoms with van der Waals surface area (Å²) >= 11 is 0. The van der Waals surface area contributed by atoms with E-state index in [1.165, 1.54) is 18.2 Å². The van der Waals surface area contributed by atoms with E-state index in [-0.39, 0.29) is 80.4 Å². The molecule has 1 radical (unpaired) electrons. The summed E-state index contributed by atoms with van der Waals surface area (Å²) in [5.41, 5.74) is 1.74. The summed E-state index contributed by atoms with van der Waals surface area (Å²) < 4.78 is 39.3. The Balaban J connectivity index is 0.00000605. The van der Waals surface area contributed by atoms with Gasteiger partial charge < -0.3 is 37.4 Å². The van der Waals surface area contributed by atoms with Gasteiger partial charge in [0.2, 0.25) is 0 Å². The van der Waals surface area contributed by atoms with Gasteiger partial charge in [-0.25, -0.2) is 4.79 Å². The number of rotatable bonds is 18. The van der Waals surface area contributed by atoms with Gasteiger partial charge in [-0.2, -0.15) is 18.2 Å². The van der Waals surface area contributed by atoms with E-state index in [2.05, 4.69) is 10.6 Å². The van der Waals surface area contributed by atoms with Crippen molar-refractivity contribution in [2.45, 2.75) is 19.8 Å². The van der Waals surface area contributed by atoms with Gasteiger partial charge in [-0.1, -0.05) is 12.1 Å². The standard InChI is InChI=1S/C38H40NO11P.Y/c1-4-47-51(44,45)48-22-19-39(2,3)18-21-46-20-8-11-34(41)26-12-15-30(33(23-26)38(42)43)37-31-16-13-27(40)24-35(31)50-36-25-29(14-17-32(36)37)49-28-9-6-5-7-10-28;/h6-7,9-10,12-17,23-25H,4,8,11,18-22H2,1-3H3,(H,42,43)(H,44,45);/p-1. The number of carbonyl (C=O) groups excluding carboxylic acids is 1. The minimum atomic E-state index is -4.29. The Morgan fingerprint density at radius 1 is 0.904 bits per heavy atom. The third-order valence-corrected chi connectivity index (χ3v) is 9.27. The van der Waals surface area contributed by atoms with E-state index in [1.807, 2.05) is 14.1 Å². The van der Waals surface area contributed by atoms with E-state index in [4.69, 9.17) is 18.4 Å². The molecule has 3 aromatic rings. The van der Waals surface area contributed by atoms with E-state index in [9.17, 15) is 28.9 Å².